The third-order valence-electron chi connectivity index (χ3n) is 1.68. The maximum Gasteiger partial charge on any atom is 0.259 e. The standard InChI is InChI=1S/C5H7N3O2/c6-4-7-3(9)5(8-4)1-10-2-5/h1-2H2,(H3,6,7,8,9). The molecule has 3 N–H and O–H groups in total. The van der Waals surface area contributed by atoms with Gasteiger partial charge in [0.25, 0.3) is 5.91 Å². The summed E-state index contributed by atoms with van der Waals surface area (Å²) in [6.45, 7) is 0.721. The van der Waals surface area contributed by atoms with Crippen LogP contribution in [0, 0.1) is 0 Å². The van der Waals surface area contributed by atoms with Crippen LogP contribution in [-0.2, 0) is 9.53 Å². The molecule has 5 nitrogen and oxygen atoms in total. The molecule has 0 aromatic heterocycles. The van der Waals surface area contributed by atoms with Crippen molar-refractivity contribution in [3.05, 3.63) is 0 Å². The molecular weight excluding hydrogens is 134 g/mol. The third kappa shape index (κ3) is 0.501. The Morgan fingerprint density at radius 3 is 2.60 bits per heavy atom. The molecule has 1 amide bonds. The molecule has 10 heavy (non-hydrogen) atoms. The van der Waals surface area contributed by atoms with E-state index in [0.29, 0.717) is 13.2 Å². The van der Waals surface area contributed by atoms with Crippen LogP contribution < -0.4 is 11.1 Å². The molecule has 0 bridgehead atoms. The van der Waals surface area contributed by atoms with E-state index < -0.39 is 5.54 Å². The van der Waals surface area contributed by atoms with Crippen LogP contribution in [0.3, 0.4) is 0 Å². The predicted molar refractivity (Wildman–Crippen MR) is 33.3 cm³/mol. The van der Waals surface area contributed by atoms with Gasteiger partial charge in [-0.25, -0.2) is 4.99 Å². The van der Waals surface area contributed by atoms with E-state index >= 15 is 0 Å². The first-order valence-electron chi connectivity index (χ1n) is 2.97. The van der Waals surface area contributed by atoms with Crippen molar-refractivity contribution in [1.82, 2.24) is 5.32 Å². The quantitative estimate of drug-likeness (QED) is 0.418. The fraction of sp³-hybridized carbons (Fsp3) is 0.600. The maximum absolute atomic E-state index is 11.0. The van der Waals surface area contributed by atoms with Gasteiger partial charge in [-0.1, -0.05) is 0 Å². The molecule has 2 heterocycles. The minimum absolute atomic E-state index is 0.142. The molecule has 0 atom stereocenters. The summed E-state index contributed by atoms with van der Waals surface area (Å²) in [4.78, 5) is 14.9. The Kier molecular flexibility index (Phi) is 0.843. The highest BCUT2D eigenvalue weighted by Gasteiger charge is 2.49. The second-order valence-corrected chi connectivity index (χ2v) is 2.48. The van der Waals surface area contributed by atoms with Crippen LogP contribution in [0.1, 0.15) is 0 Å². The summed E-state index contributed by atoms with van der Waals surface area (Å²) < 4.78 is 4.86. The number of nitrogens with one attached hydrogen (secondary N) is 1. The third-order valence-corrected chi connectivity index (χ3v) is 1.68. The summed E-state index contributed by atoms with van der Waals surface area (Å²) >= 11 is 0. The zero-order valence-corrected chi connectivity index (χ0v) is 5.26. The van der Waals surface area contributed by atoms with Crippen LogP contribution in [0.5, 0.6) is 0 Å². The molecule has 2 aliphatic rings. The van der Waals surface area contributed by atoms with Crippen LogP contribution in [-0.4, -0.2) is 30.6 Å². The minimum Gasteiger partial charge on any atom is -0.375 e. The molecule has 2 rings (SSSR count). The molecule has 0 aromatic carbocycles. The van der Waals surface area contributed by atoms with Gasteiger partial charge in [0.2, 0.25) is 0 Å². The number of aliphatic imine (C=N–C) groups is 1. The molecule has 1 saturated heterocycles. The van der Waals surface area contributed by atoms with E-state index in [2.05, 4.69) is 10.3 Å². The lowest BCUT2D eigenvalue weighted by Crippen LogP contribution is -2.55. The lowest BCUT2D eigenvalue weighted by Gasteiger charge is -2.31. The molecule has 1 spiro atoms. The van der Waals surface area contributed by atoms with Gasteiger partial charge < -0.3 is 10.5 Å². The highest BCUT2D eigenvalue weighted by Crippen LogP contribution is 2.24. The SMILES string of the molecule is NC1=NC2(COC2)C(=O)N1. The number of rotatable bonds is 0. The molecule has 5 heteroatoms. The van der Waals surface area contributed by atoms with Crippen LogP contribution in [0.4, 0.5) is 0 Å². The fourth-order valence-corrected chi connectivity index (χ4v) is 1.03. The number of guanidine groups is 1. The van der Waals surface area contributed by atoms with Crippen molar-refractivity contribution in [3.8, 4) is 0 Å². The van der Waals surface area contributed by atoms with Gasteiger partial charge in [0.05, 0.1) is 13.2 Å². The van der Waals surface area contributed by atoms with Gasteiger partial charge in [0, 0.05) is 0 Å². The number of hydrogen-bond donors (Lipinski definition) is 2. The summed E-state index contributed by atoms with van der Waals surface area (Å²) in [5.41, 5.74) is 4.61. The van der Waals surface area contributed by atoms with Crippen LogP contribution >= 0.6 is 0 Å². The Hall–Kier alpha value is -1.10. The monoisotopic (exact) mass is 141 g/mol. The first-order valence-corrected chi connectivity index (χ1v) is 2.97. The zero-order chi connectivity index (χ0) is 7.19. The van der Waals surface area contributed by atoms with Crippen molar-refractivity contribution in [3.63, 3.8) is 0 Å². The molecule has 0 unspecified atom stereocenters. The Morgan fingerprint density at radius 1 is 1.70 bits per heavy atom. The Bertz CT molecular complexity index is 219. The largest absolute Gasteiger partial charge is 0.375 e. The normalized spacial score (nSPS) is 27.6. The van der Waals surface area contributed by atoms with Crippen molar-refractivity contribution >= 4 is 11.9 Å². The van der Waals surface area contributed by atoms with E-state index in [1.54, 1.807) is 0 Å². The maximum atomic E-state index is 11.0. The number of carbonyl (C=O) groups is 1. The highest BCUT2D eigenvalue weighted by atomic mass is 16.5. The van der Waals surface area contributed by atoms with Crippen molar-refractivity contribution in [2.45, 2.75) is 5.54 Å². The van der Waals surface area contributed by atoms with E-state index in [9.17, 15) is 4.79 Å². The predicted octanol–water partition coefficient (Wildman–Crippen LogP) is -1.80. The number of nitrogens with two attached hydrogens (primary N) is 1. The summed E-state index contributed by atoms with van der Waals surface area (Å²) in [5.74, 6) is 0.0598. The van der Waals surface area contributed by atoms with E-state index in [-0.39, 0.29) is 11.9 Å². The molecule has 0 aromatic rings. The second kappa shape index (κ2) is 1.49. The van der Waals surface area contributed by atoms with Crippen molar-refractivity contribution in [1.29, 1.82) is 0 Å². The van der Waals surface area contributed by atoms with Gasteiger partial charge in [0.15, 0.2) is 11.5 Å². The summed E-state index contributed by atoms with van der Waals surface area (Å²) in [5, 5.41) is 2.42. The average Bonchev–Trinajstić information content (AvgIpc) is 2.04. The number of amides is 1. The van der Waals surface area contributed by atoms with E-state index in [4.69, 9.17) is 10.5 Å². The first kappa shape index (κ1) is 5.67. The van der Waals surface area contributed by atoms with Crippen molar-refractivity contribution in [2.75, 3.05) is 13.2 Å². The average molecular weight is 141 g/mol. The smallest absolute Gasteiger partial charge is 0.259 e. The summed E-state index contributed by atoms with van der Waals surface area (Å²) in [6.07, 6.45) is 0. The fourth-order valence-electron chi connectivity index (χ4n) is 1.03. The van der Waals surface area contributed by atoms with Crippen LogP contribution in [0.25, 0.3) is 0 Å². The van der Waals surface area contributed by atoms with E-state index in [1.807, 2.05) is 0 Å². The van der Waals surface area contributed by atoms with E-state index in [0.717, 1.165) is 0 Å². The van der Waals surface area contributed by atoms with Gasteiger partial charge in [-0.3, -0.25) is 10.1 Å². The Labute approximate surface area is 57.2 Å². The molecule has 0 saturated carbocycles. The van der Waals surface area contributed by atoms with Crippen molar-refractivity contribution < 1.29 is 9.53 Å². The second-order valence-electron chi connectivity index (χ2n) is 2.48. The van der Waals surface area contributed by atoms with Gasteiger partial charge in [-0.2, -0.15) is 0 Å². The molecule has 1 fully saturated rings. The Balaban J connectivity index is 2.29. The molecule has 0 radical (unpaired) electrons. The summed E-state index contributed by atoms with van der Waals surface area (Å²) in [6, 6.07) is 0. The number of carbonyl (C=O) groups excluding carboxylic acids is 1. The summed E-state index contributed by atoms with van der Waals surface area (Å²) in [7, 11) is 0. The van der Waals surface area contributed by atoms with Crippen LogP contribution in [0.15, 0.2) is 4.99 Å². The number of nitrogens with zero attached hydrogens (tertiary/aromatic N) is 1. The van der Waals surface area contributed by atoms with Crippen LogP contribution in [0.2, 0.25) is 0 Å². The first-order chi connectivity index (χ1) is 4.73. The van der Waals surface area contributed by atoms with Gasteiger partial charge in [0.1, 0.15) is 0 Å². The minimum atomic E-state index is -0.663. The molecule has 0 aliphatic carbocycles. The number of hydrogen-bond acceptors (Lipinski definition) is 4. The molecular formula is C5H7N3O2. The number of ether oxygens (including phenoxy) is 1. The molecule has 54 valence electrons. The van der Waals surface area contributed by atoms with Gasteiger partial charge >= 0.3 is 0 Å². The lowest BCUT2D eigenvalue weighted by molar-refractivity contribution is -0.139. The lowest BCUT2D eigenvalue weighted by atomic mass is 9.99. The highest BCUT2D eigenvalue weighted by molar-refractivity contribution is 6.07. The zero-order valence-electron chi connectivity index (χ0n) is 5.26. The van der Waals surface area contributed by atoms with Gasteiger partial charge in [-0.15, -0.1) is 0 Å². The van der Waals surface area contributed by atoms with Gasteiger partial charge in [-0.05, 0) is 0 Å². The molecule has 2 aliphatic heterocycles. The topological polar surface area (TPSA) is 76.7 Å². The van der Waals surface area contributed by atoms with Crippen molar-refractivity contribution in [2.24, 2.45) is 10.7 Å². The van der Waals surface area contributed by atoms with E-state index in [1.165, 1.54) is 0 Å². The Morgan fingerprint density at radius 2 is 2.40 bits per heavy atom.